The van der Waals surface area contributed by atoms with Gasteiger partial charge in [0, 0.05) is 18.3 Å². The van der Waals surface area contributed by atoms with Gasteiger partial charge in [0.25, 0.3) is 0 Å². The second-order valence-corrected chi connectivity index (χ2v) is 13.7. The second kappa shape index (κ2) is 19.6. The third-order valence-electron chi connectivity index (χ3n) is 5.83. The number of nitrogens with one attached hydrogen (secondary N) is 1. The quantitative estimate of drug-likeness (QED) is 0.159. The molecule has 0 bridgehead atoms. The van der Waals surface area contributed by atoms with Gasteiger partial charge in [0.1, 0.15) is 36.5 Å². The van der Waals surface area contributed by atoms with Gasteiger partial charge >= 0.3 is 17.9 Å². The summed E-state index contributed by atoms with van der Waals surface area (Å²) in [5.41, 5.74) is 3.69. The van der Waals surface area contributed by atoms with Crippen LogP contribution in [0.5, 0.6) is 0 Å². The minimum atomic E-state index is -1.69. The Bertz CT molecular complexity index is 830. The molecule has 240 valence electrons. The molecule has 3 unspecified atom stereocenters. The normalized spacial score (nSPS) is 14.4. The highest BCUT2D eigenvalue weighted by Gasteiger charge is 2.38. The van der Waals surface area contributed by atoms with Gasteiger partial charge in [-0.05, 0) is 50.4 Å². The molecule has 1 amide bonds. The summed E-state index contributed by atoms with van der Waals surface area (Å²) < 4.78 is 10.4. The predicted molar refractivity (Wildman–Crippen MR) is 160 cm³/mol. The van der Waals surface area contributed by atoms with Crippen LogP contribution in [0.25, 0.3) is 0 Å². The first-order chi connectivity index (χ1) is 18.6. The first-order valence-electron chi connectivity index (χ1n) is 14.8. The Balaban J connectivity index is 0. The van der Waals surface area contributed by atoms with E-state index in [1.807, 2.05) is 48.5 Å². The van der Waals surface area contributed by atoms with Crippen molar-refractivity contribution in [2.24, 2.45) is 34.3 Å². The monoisotopic (exact) mass is 586 g/mol. The van der Waals surface area contributed by atoms with Crippen molar-refractivity contribution in [1.82, 2.24) is 5.32 Å². The van der Waals surface area contributed by atoms with Gasteiger partial charge in [0.15, 0.2) is 0 Å². The maximum atomic E-state index is 12.8. The summed E-state index contributed by atoms with van der Waals surface area (Å²) in [6.07, 6.45) is 2.29. The van der Waals surface area contributed by atoms with Gasteiger partial charge in [0.05, 0.1) is 0 Å². The second-order valence-electron chi connectivity index (χ2n) is 13.7. The molecule has 0 aliphatic heterocycles. The van der Waals surface area contributed by atoms with Crippen LogP contribution in [0.15, 0.2) is 0 Å². The fourth-order valence-corrected chi connectivity index (χ4v) is 3.34. The zero-order valence-electron chi connectivity index (χ0n) is 27.4. The van der Waals surface area contributed by atoms with Crippen molar-refractivity contribution in [3.05, 3.63) is 0 Å². The Kier molecular flexibility index (Phi) is 19.4. The number of Topliss-reactive ketones (excluding diaryl/α,β-unsaturated/α-hetero) is 1. The van der Waals surface area contributed by atoms with Crippen LogP contribution < -0.4 is 11.1 Å². The molecule has 0 rings (SSSR count). The molecule has 41 heavy (non-hydrogen) atoms. The van der Waals surface area contributed by atoms with Crippen LogP contribution in [-0.4, -0.2) is 60.0 Å². The smallest absolute Gasteiger partial charge is 0.328 e. The highest BCUT2D eigenvalue weighted by Crippen LogP contribution is 2.21. The molecule has 3 atom stereocenters. The van der Waals surface area contributed by atoms with Crippen LogP contribution in [0.4, 0.5) is 0 Å². The van der Waals surface area contributed by atoms with E-state index in [1.54, 1.807) is 0 Å². The van der Waals surface area contributed by atoms with Crippen molar-refractivity contribution in [1.29, 1.82) is 0 Å². The molecule has 10 heteroatoms. The Hall–Kier alpha value is -2.49. The molecule has 0 aromatic rings. The molecular formula is C31H58N2O8. The lowest BCUT2D eigenvalue weighted by Gasteiger charge is -2.26. The number of rotatable bonds is 17. The third kappa shape index (κ3) is 20.1. The van der Waals surface area contributed by atoms with Crippen molar-refractivity contribution in [2.45, 2.75) is 127 Å². The molecular weight excluding hydrogens is 528 g/mol. The maximum Gasteiger partial charge on any atom is 0.328 e. The van der Waals surface area contributed by atoms with E-state index in [0.717, 1.165) is 5.92 Å². The summed E-state index contributed by atoms with van der Waals surface area (Å²) in [6, 6.07) is -1.83. The molecule has 0 aromatic carbocycles. The molecule has 0 aromatic heterocycles. The summed E-state index contributed by atoms with van der Waals surface area (Å²) in [7, 11) is 0. The Morgan fingerprint density at radius 1 is 0.756 bits per heavy atom. The van der Waals surface area contributed by atoms with Crippen LogP contribution >= 0.6 is 0 Å². The zero-order chi connectivity index (χ0) is 32.6. The Morgan fingerprint density at radius 2 is 1.20 bits per heavy atom. The third-order valence-corrected chi connectivity index (χ3v) is 5.83. The topological polar surface area (TPSA) is 162 Å². The van der Waals surface area contributed by atoms with Crippen LogP contribution in [0, 0.1) is 28.6 Å². The van der Waals surface area contributed by atoms with Crippen molar-refractivity contribution >= 4 is 29.6 Å². The van der Waals surface area contributed by atoms with E-state index in [0.29, 0.717) is 32.1 Å². The average molecular weight is 587 g/mol. The van der Waals surface area contributed by atoms with Crippen molar-refractivity contribution in [3.8, 4) is 0 Å². The molecule has 0 heterocycles. The highest BCUT2D eigenvalue weighted by atomic mass is 16.6. The number of carboxylic acid groups (broad SMARTS) is 1. The average Bonchev–Trinajstić information content (AvgIpc) is 2.81. The number of ketones is 1. The standard InChI is InChI=1S/C27H48N2O8.C4H10/c1-17(2)13-19(28)23(32)36-15-27(8,25(34)35)16-37-24(33)20(14-18(3)4)29-22(31)12-10-9-11-21(30)26(5,6)7;1-4(2)3/h17-20H,9-16,28H2,1-8H3,(H,29,31)(H,34,35);4H,1-3H3. The fourth-order valence-electron chi connectivity index (χ4n) is 3.34. The van der Waals surface area contributed by atoms with E-state index >= 15 is 0 Å². The van der Waals surface area contributed by atoms with E-state index in [-0.39, 0.29) is 29.9 Å². The Labute approximate surface area is 247 Å². The van der Waals surface area contributed by atoms with Gasteiger partial charge in [-0.25, -0.2) is 4.79 Å². The molecule has 0 aliphatic rings. The summed E-state index contributed by atoms with van der Waals surface area (Å²) in [5, 5.41) is 12.3. The summed E-state index contributed by atoms with van der Waals surface area (Å²) in [5.74, 6) is -1.96. The van der Waals surface area contributed by atoms with Crippen LogP contribution in [0.3, 0.4) is 0 Å². The number of esters is 2. The fraction of sp³-hybridized carbons (Fsp3) is 0.839. The summed E-state index contributed by atoms with van der Waals surface area (Å²) in [4.78, 5) is 61.2. The molecule has 0 fully saturated rings. The predicted octanol–water partition coefficient (Wildman–Crippen LogP) is 4.91. The van der Waals surface area contributed by atoms with Crippen molar-refractivity contribution in [2.75, 3.05) is 13.2 Å². The number of carbonyl (C=O) groups excluding carboxylic acids is 4. The zero-order valence-corrected chi connectivity index (χ0v) is 27.4. The van der Waals surface area contributed by atoms with Gasteiger partial charge in [0.2, 0.25) is 5.91 Å². The highest BCUT2D eigenvalue weighted by molar-refractivity contribution is 5.85. The van der Waals surface area contributed by atoms with Crippen molar-refractivity contribution in [3.63, 3.8) is 0 Å². The van der Waals surface area contributed by atoms with Gasteiger partial charge in [-0.1, -0.05) is 69.2 Å². The largest absolute Gasteiger partial charge is 0.481 e. The molecule has 0 spiro atoms. The van der Waals surface area contributed by atoms with E-state index in [2.05, 4.69) is 26.1 Å². The van der Waals surface area contributed by atoms with Crippen LogP contribution in [0.1, 0.15) is 115 Å². The number of ether oxygens (including phenoxy) is 2. The van der Waals surface area contributed by atoms with Gasteiger partial charge < -0.3 is 25.6 Å². The molecule has 10 nitrogen and oxygen atoms in total. The number of carboxylic acids is 1. The number of aliphatic carboxylic acids is 1. The van der Waals surface area contributed by atoms with Crippen LogP contribution in [-0.2, 0) is 33.4 Å². The summed E-state index contributed by atoms with van der Waals surface area (Å²) in [6.45, 7) is 19.9. The SMILES string of the molecule is CC(C)C.CC(C)CC(N)C(=O)OCC(C)(COC(=O)C(CC(C)C)NC(=O)CCCCC(=O)C(C)(C)C)C(=O)O. The van der Waals surface area contributed by atoms with Crippen molar-refractivity contribution < 1.29 is 38.6 Å². The molecule has 0 saturated carbocycles. The number of hydrogen-bond acceptors (Lipinski definition) is 8. The van der Waals surface area contributed by atoms with E-state index in [1.165, 1.54) is 6.92 Å². The maximum absolute atomic E-state index is 12.8. The lowest BCUT2D eigenvalue weighted by Crippen LogP contribution is -2.46. The van der Waals surface area contributed by atoms with Gasteiger partial charge in [-0.15, -0.1) is 0 Å². The number of nitrogens with two attached hydrogens (primary N) is 1. The Morgan fingerprint density at radius 3 is 1.61 bits per heavy atom. The van der Waals surface area contributed by atoms with E-state index in [9.17, 15) is 29.1 Å². The summed E-state index contributed by atoms with van der Waals surface area (Å²) >= 11 is 0. The first kappa shape index (κ1) is 40.6. The molecule has 0 saturated heterocycles. The molecule has 0 aliphatic carbocycles. The molecule has 4 N–H and O–H groups in total. The van der Waals surface area contributed by atoms with Crippen LogP contribution in [0.2, 0.25) is 0 Å². The van der Waals surface area contributed by atoms with E-state index in [4.69, 9.17) is 15.2 Å². The number of amides is 1. The first-order valence-corrected chi connectivity index (χ1v) is 14.8. The number of hydrogen-bond donors (Lipinski definition) is 3. The van der Waals surface area contributed by atoms with Gasteiger partial charge in [-0.2, -0.15) is 0 Å². The minimum absolute atomic E-state index is 0.0523. The lowest BCUT2D eigenvalue weighted by atomic mass is 9.88. The van der Waals surface area contributed by atoms with E-state index < -0.39 is 54.0 Å². The lowest BCUT2D eigenvalue weighted by molar-refractivity contribution is -0.167. The molecule has 0 radical (unpaired) electrons. The minimum Gasteiger partial charge on any atom is -0.481 e. The number of unbranched alkanes of at least 4 members (excludes halogenated alkanes) is 1. The number of carbonyl (C=O) groups is 5. The van der Waals surface area contributed by atoms with Gasteiger partial charge in [-0.3, -0.25) is 19.2 Å².